The van der Waals surface area contributed by atoms with Crippen LogP contribution >= 0.6 is 0 Å². The van der Waals surface area contributed by atoms with Gasteiger partial charge in [0, 0.05) is 51.2 Å². The van der Waals surface area contributed by atoms with Gasteiger partial charge in [-0.25, -0.2) is 8.78 Å². The van der Waals surface area contributed by atoms with E-state index in [4.69, 9.17) is 0 Å². The lowest BCUT2D eigenvalue weighted by Crippen LogP contribution is -2.48. The fraction of sp³-hybridized carbons (Fsp3) is 0.421. The van der Waals surface area contributed by atoms with E-state index in [1.165, 1.54) is 11.6 Å². The highest BCUT2D eigenvalue weighted by molar-refractivity contribution is 5.20. The van der Waals surface area contributed by atoms with Crippen LogP contribution in [0.2, 0.25) is 0 Å². The lowest BCUT2D eigenvalue weighted by molar-refractivity contribution is 0.0587. The first-order valence-electron chi connectivity index (χ1n) is 8.54. The van der Waals surface area contributed by atoms with Gasteiger partial charge in [0.1, 0.15) is 0 Å². The fourth-order valence-electron chi connectivity index (χ4n) is 3.24. The first kappa shape index (κ1) is 17.9. The summed E-state index contributed by atoms with van der Waals surface area (Å²) in [7, 11) is 0. The average Bonchev–Trinajstić information content (AvgIpc) is 2.64. The van der Waals surface area contributed by atoms with Crippen molar-refractivity contribution in [2.24, 2.45) is 0 Å². The second-order valence-corrected chi connectivity index (χ2v) is 6.49. The van der Waals surface area contributed by atoms with E-state index < -0.39 is 17.7 Å². The summed E-state index contributed by atoms with van der Waals surface area (Å²) in [6.07, 6.45) is 2.84. The van der Waals surface area contributed by atoms with E-state index in [1.807, 2.05) is 12.3 Å². The Balaban J connectivity index is 1.53. The van der Waals surface area contributed by atoms with Crippen molar-refractivity contribution in [1.82, 2.24) is 14.8 Å². The van der Waals surface area contributed by atoms with Crippen LogP contribution in [-0.4, -0.2) is 52.6 Å². The Labute approximate surface area is 146 Å². The van der Waals surface area contributed by atoms with Crippen LogP contribution in [0.25, 0.3) is 0 Å². The molecule has 2 heterocycles. The third kappa shape index (κ3) is 4.39. The minimum Gasteiger partial charge on any atom is -0.387 e. The molecule has 134 valence electrons. The van der Waals surface area contributed by atoms with Crippen LogP contribution in [0.5, 0.6) is 0 Å². The topological polar surface area (TPSA) is 39.6 Å². The highest BCUT2D eigenvalue weighted by Crippen LogP contribution is 2.22. The first-order chi connectivity index (χ1) is 12.0. The fourth-order valence-corrected chi connectivity index (χ4v) is 3.24. The van der Waals surface area contributed by atoms with Crippen molar-refractivity contribution in [2.45, 2.75) is 19.1 Å². The molecule has 4 nitrogen and oxygen atoms in total. The Hall–Kier alpha value is -1.89. The molecule has 2 atom stereocenters. The van der Waals surface area contributed by atoms with E-state index in [-0.39, 0.29) is 0 Å². The van der Waals surface area contributed by atoms with Crippen LogP contribution in [0, 0.1) is 11.6 Å². The van der Waals surface area contributed by atoms with E-state index in [1.54, 1.807) is 6.20 Å². The van der Waals surface area contributed by atoms with Crippen LogP contribution in [0.4, 0.5) is 8.78 Å². The molecule has 0 amide bonds. The lowest BCUT2D eigenvalue weighted by Gasteiger charge is -2.38. The minimum absolute atomic E-state index is 0.298. The Bertz CT molecular complexity index is 690. The normalized spacial score (nSPS) is 18.9. The number of β-amino-alcohol motifs (C(OH)–C–C–N with tert-alkyl or cyclic N) is 1. The third-order valence-electron chi connectivity index (χ3n) is 4.88. The summed E-state index contributed by atoms with van der Waals surface area (Å²) in [4.78, 5) is 8.71. The van der Waals surface area contributed by atoms with Crippen molar-refractivity contribution in [2.75, 3.05) is 32.7 Å². The molecule has 0 spiro atoms. The summed E-state index contributed by atoms with van der Waals surface area (Å²) in [6.45, 7) is 6.01. The molecule has 1 aromatic carbocycles. The predicted molar refractivity (Wildman–Crippen MR) is 92.0 cm³/mol. The Morgan fingerprint density at radius 3 is 2.48 bits per heavy atom. The maximum absolute atomic E-state index is 13.3. The van der Waals surface area contributed by atoms with Crippen molar-refractivity contribution in [1.29, 1.82) is 0 Å². The smallest absolute Gasteiger partial charge is 0.159 e. The number of hydrogen-bond donors (Lipinski definition) is 1. The number of aliphatic hydroxyl groups excluding tert-OH is 1. The van der Waals surface area contributed by atoms with Gasteiger partial charge in [-0.3, -0.25) is 14.8 Å². The molecule has 0 saturated carbocycles. The van der Waals surface area contributed by atoms with E-state index in [9.17, 15) is 13.9 Å². The number of rotatable bonds is 5. The highest BCUT2D eigenvalue weighted by atomic mass is 19.2. The van der Waals surface area contributed by atoms with Gasteiger partial charge < -0.3 is 5.11 Å². The van der Waals surface area contributed by atoms with Crippen molar-refractivity contribution < 1.29 is 13.9 Å². The number of aromatic nitrogens is 1. The molecule has 1 N–H and O–H groups in total. The molecule has 1 aromatic heterocycles. The van der Waals surface area contributed by atoms with Gasteiger partial charge in [-0.05, 0) is 36.2 Å². The summed E-state index contributed by atoms with van der Waals surface area (Å²) in [5, 5.41) is 10.3. The number of aliphatic hydroxyl groups is 1. The summed E-state index contributed by atoms with van der Waals surface area (Å²) < 4.78 is 26.3. The second kappa shape index (κ2) is 7.99. The second-order valence-electron chi connectivity index (χ2n) is 6.49. The van der Waals surface area contributed by atoms with Gasteiger partial charge in [0.2, 0.25) is 0 Å². The summed E-state index contributed by atoms with van der Waals surface area (Å²) >= 11 is 0. The average molecular weight is 347 g/mol. The quantitative estimate of drug-likeness (QED) is 0.903. The zero-order chi connectivity index (χ0) is 17.8. The molecular formula is C19H23F2N3O. The van der Waals surface area contributed by atoms with E-state index >= 15 is 0 Å². The minimum atomic E-state index is -0.924. The third-order valence-corrected chi connectivity index (χ3v) is 4.88. The largest absolute Gasteiger partial charge is 0.387 e. The van der Waals surface area contributed by atoms with E-state index in [2.05, 4.69) is 27.8 Å². The maximum Gasteiger partial charge on any atom is 0.159 e. The van der Waals surface area contributed by atoms with Crippen molar-refractivity contribution in [3.05, 3.63) is 65.5 Å². The molecule has 0 unspecified atom stereocenters. The highest BCUT2D eigenvalue weighted by Gasteiger charge is 2.24. The molecule has 1 fully saturated rings. The standard InChI is InChI=1S/C19H23F2N3O/c1-14(16-3-2-6-22-12-16)24-9-7-23(8-10-24)13-19(25)15-4-5-17(20)18(21)11-15/h2-6,11-12,14,19,25H,7-10,13H2,1H3/t14-,19-/m1/s1. The number of halogens is 2. The molecule has 0 radical (unpaired) electrons. The molecule has 0 bridgehead atoms. The van der Waals surface area contributed by atoms with E-state index in [0.29, 0.717) is 18.2 Å². The molecular weight excluding hydrogens is 324 g/mol. The monoisotopic (exact) mass is 347 g/mol. The van der Waals surface area contributed by atoms with Gasteiger partial charge in [-0.15, -0.1) is 0 Å². The van der Waals surface area contributed by atoms with Crippen molar-refractivity contribution in [3.8, 4) is 0 Å². The first-order valence-corrected chi connectivity index (χ1v) is 8.54. The van der Waals surface area contributed by atoms with Crippen LogP contribution in [-0.2, 0) is 0 Å². The van der Waals surface area contributed by atoms with Gasteiger partial charge in [-0.1, -0.05) is 12.1 Å². The molecule has 3 rings (SSSR count). The molecule has 1 aliphatic heterocycles. The van der Waals surface area contributed by atoms with Crippen LogP contribution in [0.1, 0.15) is 30.2 Å². The van der Waals surface area contributed by atoms with Gasteiger partial charge in [0.25, 0.3) is 0 Å². The Kier molecular flexibility index (Phi) is 5.73. The summed E-state index contributed by atoms with van der Waals surface area (Å²) in [5.41, 5.74) is 1.60. The van der Waals surface area contributed by atoms with Crippen molar-refractivity contribution >= 4 is 0 Å². The van der Waals surface area contributed by atoms with Gasteiger partial charge >= 0.3 is 0 Å². The van der Waals surface area contributed by atoms with Crippen LogP contribution in [0.15, 0.2) is 42.7 Å². The van der Waals surface area contributed by atoms with Gasteiger partial charge in [-0.2, -0.15) is 0 Å². The zero-order valence-electron chi connectivity index (χ0n) is 14.3. The zero-order valence-corrected chi connectivity index (χ0v) is 14.3. The van der Waals surface area contributed by atoms with Crippen LogP contribution in [0.3, 0.4) is 0 Å². The van der Waals surface area contributed by atoms with Crippen LogP contribution < -0.4 is 0 Å². The maximum atomic E-state index is 13.3. The lowest BCUT2D eigenvalue weighted by atomic mass is 10.1. The Morgan fingerprint density at radius 1 is 1.08 bits per heavy atom. The van der Waals surface area contributed by atoms with Gasteiger partial charge in [0.05, 0.1) is 6.10 Å². The van der Waals surface area contributed by atoms with Crippen molar-refractivity contribution in [3.63, 3.8) is 0 Å². The number of benzene rings is 1. The number of piperazine rings is 1. The molecule has 1 aliphatic rings. The number of pyridine rings is 1. The molecule has 6 heteroatoms. The molecule has 0 aliphatic carbocycles. The SMILES string of the molecule is C[C@H](c1cccnc1)N1CCN(C[C@@H](O)c2ccc(F)c(F)c2)CC1. The number of hydrogen-bond acceptors (Lipinski definition) is 4. The predicted octanol–water partition coefficient (Wildman–Crippen LogP) is 2.77. The molecule has 25 heavy (non-hydrogen) atoms. The molecule has 2 aromatic rings. The van der Waals surface area contributed by atoms with E-state index in [0.717, 1.165) is 38.3 Å². The molecule has 1 saturated heterocycles. The summed E-state index contributed by atoms with van der Waals surface area (Å²) in [6, 6.07) is 7.88. The summed E-state index contributed by atoms with van der Waals surface area (Å²) in [5.74, 6) is -1.82. The number of nitrogens with zero attached hydrogens (tertiary/aromatic N) is 3. The van der Waals surface area contributed by atoms with Gasteiger partial charge in [0.15, 0.2) is 11.6 Å². The Morgan fingerprint density at radius 2 is 1.84 bits per heavy atom.